The Morgan fingerprint density at radius 2 is 1.83 bits per heavy atom. The van der Waals surface area contributed by atoms with Crippen LogP contribution in [0.2, 0.25) is 0 Å². The highest BCUT2D eigenvalue weighted by atomic mass is 32.2. The van der Waals surface area contributed by atoms with Gasteiger partial charge >= 0.3 is 4.87 Å². The first-order valence-corrected chi connectivity index (χ1v) is 8.66. The summed E-state index contributed by atoms with van der Waals surface area (Å²) in [5, 5.41) is 2.59. The number of nitrogens with one attached hydrogen (secondary N) is 2. The van der Waals surface area contributed by atoms with E-state index in [0.29, 0.717) is 10.8 Å². The third kappa shape index (κ3) is 2.21. The molecule has 0 unspecified atom stereocenters. The van der Waals surface area contributed by atoms with E-state index in [1.807, 2.05) is 24.3 Å². The molecule has 3 atom stereocenters. The zero-order valence-corrected chi connectivity index (χ0v) is 13.6. The van der Waals surface area contributed by atoms with Gasteiger partial charge in [0.2, 0.25) is 11.8 Å². The van der Waals surface area contributed by atoms with E-state index in [1.54, 1.807) is 7.11 Å². The van der Waals surface area contributed by atoms with Crippen LogP contribution in [0.25, 0.3) is 0 Å². The van der Waals surface area contributed by atoms with Gasteiger partial charge in [-0.3, -0.25) is 19.7 Å². The maximum atomic E-state index is 12.3. The minimum absolute atomic E-state index is 0.172. The lowest BCUT2D eigenvalue weighted by Gasteiger charge is -2.29. The number of carbonyl (C=O) groups excluding carboxylic acids is 2. The molecule has 6 nitrogen and oxygen atoms in total. The Morgan fingerprint density at radius 1 is 1.09 bits per heavy atom. The maximum absolute atomic E-state index is 12.3. The normalized spacial score (nSPS) is 25.7. The highest BCUT2D eigenvalue weighted by Crippen LogP contribution is 2.50. The first kappa shape index (κ1) is 14.5. The fourth-order valence-electron chi connectivity index (χ4n) is 3.11. The number of hydrogen-bond acceptors (Lipinski definition) is 6. The molecule has 4 rings (SSSR count). The number of amides is 2. The van der Waals surface area contributed by atoms with Gasteiger partial charge in [-0.05, 0) is 17.7 Å². The lowest BCUT2D eigenvalue weighted by Crippen LogP contribution is -2.31. The molecular formula is C15H12N2O4S2. The van der Waals surface area contributed by atoms with Crippen molar-refractivity contribution in [3.8, 4) is 5.75 Å². The molecule has 3 heterocycles. The lowest BCUT2D eigenvalue weighted by molar-refractivity contribution is -0.125. The van der Waals surface area contributed by atoms with Gasteiger partial charge in [0.25, 0.3) is 0 Å². The van der Waals surface area contributed by atoms with Gasteiger partial charge < -0.3 is 9.72 Å². The van der Waals surface area contributed by atoms with Crippen LogP contribution in [-0.4, -0.2) is 29.2 Å². The average molecular weight is 348 g/mol. The van der Waals surface area contributed by atoms with Crippen LogP contribution in [0.5, 0.6) is 5.75 Å². The summed E-state index contributed by atoms with van der Waals surface area (Å²) in [6.45, 7) is 0. The second kappa shape index (κ2) is 5.24. The summed E-state index contributed by atoms with van der Waals surface area (Å²) < 4.78 is 5.16. The minimum atomic E-state index is -0.507. The number of thiazole rings is 1. The molecule has 0 radical (unpaired) electrons. The summed E-state index contributed by atoms with van der Waals surface area (Å²) in [7, 11) is 1.58. The van der Waals surface area contributed by atoms with Crippen LogP contribution in [-0.2, 0) is 9.59 Å². The molecule has 118 valence electrons. The average Bonchev–Trinajstić information content (AvgIpc) is 3.05. The highest BCUT2D eigenvalue weighted by molar-refractivity contribution is 8.00. The topological polar surface area (TPSA) is 88.3 Å². The van der Waals surface area contributed by atoms with Crippen molar-refractivity contribution in [1.29, 1.82) is 0 Å². The Balaban J connectivity index is 1.87. The van der Waals surface area contributed by atoms with E-state index in [4.69, 9.17) is 4.74 Å². The molecule has 0 aliphatic carbocycles. The van der Waals surface area contributed by atoms with Crippen LogP contribution in [0.1, 0.15) is 16.4 Å². The maximum Gasteiger partial charge on any atom is 0.305 e. The molecule has 2 N–H and O–H groups in total. The van der Waals surface area contributed by atoms with Crippen molar-refractivity contribution in [2.75, 3.05) is 7.11 Å². The van der Waals surface area contributed by atoms with Gasteiger partial charge in [-0.1, -0.05) is 35.2 Å². The Morgan fingerprint density at radius 3 is 2.52 bits per heavy atom. The summed E-state index contributed by atoms with van der Waals surface area (Å²) >= 11 is 2.36. The zero-order valence-electron chi connectivity index (χ0n) is 12.0. The lowest BCUT2D eigenvalue weighted by atomic mass is 9.83. The molecule has 23 heavy (non-hydrogen) atoms. The number of hydrogen-bond donors (Lipinski definition) is 2. The predicted molar refractivity (Wildman–Crippen MR) is 86.1 cm³/mol. The largest absolute Gasteiger partial charge is 0.497 e. The number of aromatic nitrogens is 1. The second-order valence-electron chi connectivity index (χ2n) is 5.38. The van der Waals surface area contributed by atoms with Crippen molar-refractivity contribution in [2.24, 2.45) is 5.92 Å². The predicted octanol–water partition coefficient (Wildman–Crippen LogP) is 1.32. The van der Waals surface area contributed by atoms with Crippen LogP contribution in [0.4, 0.5) is 0 Å². The molecule has 1 aromatic carbocycles. The van der Waals surface area contributed by atoms with Crippen LogP contribution < -0.4 is 14.9 Å². The van der Waals surface area contributed by atoms with Crippen molar-refractivity contribution in [2.45, 2.75) is 16.2 Å². The molecule has 0 saturated carbocycles. The van der Waals surface area contributed by atoms with Crippen LogP contribution in [0.3, 0.4) is 0 Å². The standard InChI is InChI=1S/C15H12N2O4S2/c1-21-7-4-2-6(3-5-7)8-9-10(13(19)16-12(9)18)22-14-11(8)23-15(20)17-14/h2-5,8-10H,1H3,(H,17,20)(H,16,18,19)/t8-,9+,10-/m1/s1. The monoisotopic (exact) mass is 348 g/mol. The third-order valence-electron chi connectivity index (χ3n) is 4.14. The molecule has 2 amide bonds. The van der Waals surface area contributed by atoms with Gasteiger partial charge in [-0.15, -0.1) is 0 Å². The van der Waals surface area contributed by atoms with Gasteiger partial charge in [0, 0.05) is 10.8 Å². The number of methoxy groups -OCH3 is 1. The number of imide groups is 1. The summed E-state index contributed by atoms with van der Waals surface area (Å²) in [4.78, 5) is 39.5. The molecule has 0 spiro atoms. The zero-order chi connectivity index (χ0) is 16.1. The third-order valence-corrected chi connectivity index (χ3v) is 6.55. The fourth-order valence-corrected chi connectivity index (χ4v) is 5.59. The van der Waals surface area contributed by atoms with Gasteiger partial charge in [0.1, 0.15) is 11.0 Å². The quantitative estimate of drug-likeness (QED) is 0.799. The van der Waals surface area contributed by atoms with Crippen molar-refractivity contribution < 1.29 is 14.3 Å². The molecule has 1 saturated heterocycles. The molecule has 2 aliphatic rings. The van der Waals surface area contributed by atoms with E-state index >= 15 is 0 Å². The van der Waals surface area contributed by atoms with Crippen molar-refractivity contribution >= 4 is 34.9 Å². The van der Waals surface area contributed by atoms with E-state index in [9.17, 15) is 14.4 Å². The summed E-state index contributed by atoms with van der Waals surface area (Å²) in [5.41, 5.74) is 0.891. The molecule has 2 aromatic rings. The van der Waals surface area contributed by atoms with E-state index in [2.05, 4.69) is 10.3 Å². The van der Waals surface area contributed by atoms with Crippen LogP contribution in [0, 0.1) is 5.92 Å². The van der Waals surface area contributed by atoms with Crippen molar-refractivity contribution in [3.05, 3.63) is 44.4 Å². The minimum Gasteiger partial charge on any atom is -0.497 e. The van der Waals surface area contributed by atoms with Crippen LogP contribution in [0.15, 0.2) is 34.1 Å². The number of thioether (sulfide) groups is 1. The van der Waals surface area contributed by atoms with Gasteiger partial charge in [-0.25, -0.2) is 0 Å². The number of fused-ring (bicyclic) bond motifs is 2. The van der Waals surface area contributed by atoms with E-state index in [0.717, 1.165) is 21.8 Å². The number of carbonyl (C=O) groups is 2. The van der Waals surface area contributed by atoms with Crippen molar-refractivity contribution in [1.82, 2.24) is 10.3 Å². The van der Waals surface area contributed by atoms with Crippen LogP contribution >= 0.6 is 23.1 Å². The number of H-pyrrole nitrogens is 1. The smallest absolute Gasteiger partial charge is 0.305 e. The number of rotatable bonds is 2. The molecule has 1 aromatic heterocycles. The fraction of sp³-hybridized carbons (Fsp3) is 0.267. The second-order valence-corrected chi connectivity index (χ2v) is 7.54. The summed E-state index contributed by atoms with van der Waals surface area (Å²) in [6, 6.07) is 7.38. The van der Waals surface area contributed by atoms with Gasteiger partial charge in [0.05, 0.1) is 18.1 Å². The van der Waals surface area contributed by atoms with E-state index < -0.39 is 11.2 Å². The number of ether oxygens (including phenoxy) is 1. The van der Waals surface area contributed by atoms with E-state index in [-0.39, 0.29) is 22.6 Å². The summed E-state index contributed by atoms with van der Waals surface area (Å²) in [6.07, 6.45) is 0. The van der Waals surface area contributed by atoms with Gasteiger partial charge in [0.15, 0.2) is 0 Å². The first-order valence-electron chi connectivity index (χ1n) is 6.97. The Bertz CT molecular complexity index is 855. The molecule has 2 aliphatic heterocycles. The Kier molecular flexibility index (Phi) is 3.31. The Labute approximate surface area is 139 Å². The number of aromatic amines is 1. The molecular weight excluding hydrogens is 336 g/mol. The number of benzene rings is 1. The molecule has 0 bridgehead atoms. The molecule has 1 fully saturated rings. The Hall–Kier alpha value is -2.06. The van der Waals surface area contributed by atoms with Gasteiger partial charge in [-0.2, -0.15) is 0 Å². The summed E-state index contributed by atoms with van der Waals surface area (Å²) in [5.74, 6) is -0.664. The van der Waals surface area contributed by atoms with Crippen molar-refractivity contribution in [3.63, 3.8) is 0 Å². The SMILES string of the molecule is COc1ccc([C@H]2c3sc(=O)[nH]c3S[C@H]3C(=O)NC(=O)[C@@H]23)cc1. The highest BCUT2D eigenvalue weighted by Gasteiger charge is 2.52. The van der Waals surface area contributed by atoms with E-state index in [1.165, 1.54) is 11.8 Å². The first-order chi connectivity index (χ1) is 11.1. The molecule has 8 heteroatoms.